The van der Waals surface area contributed by atoms with Crippen LogP contribution in [0.1, 0.15) is 44.1 Å². The van der Waals surface area contributed by atoms with E-state index in [1.165, 1.54) is 12.0 Å². The topological polar surface area (TPSA) is 34.8 Å². The van der Waals surface area contributed by atoms with Gasteiger partial charge in [0.25, 0.3) is 0 Å². The fraction of sp³-hybridized carbons (Fsp3) is 0.533. The summed E-state index contributed by atoms with van der Waals surface area (Å²) in [5, 5.41) is 3.58. The minimum Gasteiger partial charge on any atom is -0.346 e. The molecule has 19 heavy (non-hydrogen) atoms. The lowest BCUT2D eigenvalue weighted by atomic mass is 10.1. The molecular formula is C15H24N4. The fourth-order valence-corrected chi connectivity index (χ4v) is 2.29. The lowest BCUT2D eigenvalue weighted by Crippen LogP contribution is -2.21. The van der Waals surface area contributed by atoms with E-state index in [1.54, 1.807) is 0 Å². The van der Waals surface area contributed by atoms with E-state index in [9.17, 15) is 0 Å². The lowest BCUT2D eigenvalue weighted by Gasteiger charge is -2.15. The van der Waals surface area contributed by atoms with Crippen molar-refractivity contribution in [2.75, 3.05) is 6.54 Å². The summed E-state index contributed by atoms with van der Waals surface area (Å²) in [6.07, 6.45) is 10.5. The van der Waals surface area contributed by atoms with Gasteiger partial charge >= 0.3 is 0 Å². The third-order valence-electron chi connectivity index (χ3n) is 3.47. The molecule has 104 valence electrons. The SMILES string of the molecule is CCCNC(CC)c1ccn(Cc2nccn2C)c1. The highest BCUT2D eigenvalue weighted by Crippen LogP contribution is 2.17. The third kappa shape index (κ3) is 3.47. The summed E-state index contributed by atoms with van der Waals surface area (Å²) in [6.45, 7) is 6.33. The molecule has 2 heterocycles. The van der Waals surface area contributed by atoms with Crippen LogP contribution in [0.25, 0.3) is 0 Å². The van der Waals surface area contributed by atoms with Crippen molar-refractivity contribution in [1.82, 2.24) is 19.4 Å². The first-order chi connectivity index (χ1) is 9.24. The van der Waals surface area contributed by atoms with E-state index >= 15 is 0 Å². The van der Waals surface area contributed by atoms with Crippen molar-refractivity contribution in [2.45, 2.75) is 39.3 Å². The Kier molecular flexibility index (Phi) is 4.80. The van der Waals surface area contributed by atoms with E-state index in [1.807, 2.05) is 19.4 Å². The number of rotatable bonds is 7. The van der Waals surface area contributed by atoms with Crippen LogP contribution in [0.4, 0.5) is 0 Å². The summed E-state index contributed by atoms with van der Waals surface area (Å²) in [5.74, 6) is 1.08. The van der Waals surface area contributed by atoms with Gasteiger partial charge in [-0.1, -0.05) is 13.8 Å². The van der Waals surface area contributed by atoms with E-state index < -0.39 is 0 Å². The fourth-order valence-electron chi connectivity index (χ4n) is 2.29. The van der Waals surface area contributed by atoms with Gasteiger partial charge in [-0.25, -0.2) is 4.98 Å². The van der Waals surface area contributed by atoms with Crippen LogP contribution in [0.5, 0.6) is 0 Å². The summed E-state index contributed by atoms with van der Waals surface area (Å²) in [6, 6.07) is 2.67. The molecule has 0 amide bonds. The van der Waals surface area contributed by atoms with Crippen LogP contribution >= 0.6 is 0 Å². The maximum atomic E-state index is 4.36. The van der Waals surface area contributed by atoms with Gasteiger partial charge in [0.2, 0.25) is 0 Å². The van der Waals surface area contributed by atoms with Crippen molar-refractivity contribution in [1.29, 1.82) is 0 Å². The number of aromatic nitrogens is 3. The van der Waals surface area contributed by atoms with Crippen LogP contribution in [0.15, 0.2) is 30.9 Å². The van der Waals surface area contributed by atoms with Gasteiger partial charge in [0.05, 0.1) is 6.54 Å². The molecule has 0 aliphatic heterocycles. The average molecular weight is 260 g/mol. The summed E-state index contributed by atoms with van der Waals surface area (Å²) in [7, 11) is 2.03. The van der Waals surface area contributed by atoms with E-state index in [0.717, 1.165) is 25.3 Å². The predicted molar refractivity (Wildman–Crippen MR) is 78.1 cm³/mol. The van der Waals surface area contributed by atoms with Gasteiger partial charge in [0.1, 0.15) is 5.82 Å². The van der Waals surface area contributed by atoms with Crippen LogP contribution in [0.3, 0.4) is 0 Å². The van der Waals surface area contributed by atoms with Gasteiger partial charge in [-0.05, 0) is 31.0 Å². The largest absolute Gasteiger partial charge is 0.346 e. The minimum atomic E-state index is 0.461. The van der Waals surface area contributed by atoms with Crippen LogP contribution in [-0.4, -0.2) is 20.7 Å². The Balaban J connectivity index is 2.03. The van der Waals surface area contributed by atoms with E-state index in [4.69, 9.17) is 0 Å². The van der Waals surface area contributed by atoms with Gasteiger partial charge in [-0.2, -0.15) is 0 Å². The van der Waals surface area contributed by atoms with Crippen LogP contribution in [0.2, 0.25) is 0 Å². The Labute approximate surface area is 115 Å². The molecule has 0 saturated carbocycles. The summed E-state index contributed by atoms with van der Waals surface area (Å²) in [4.78, 5) is 4.36. The van der Waals surface area contributed by atoms with E-state index in [2.05, 4.69) is 51.7 Å². The van der Waals surface area contributed by atoms with Crippen molar-refractivity contribution in [3.8, 4) is 0 Å². The second kappa shape index (κ2) is 6.57. The highest BCUT2D eigenvalue weighted by atomic mass is 15.1. The average Bonchev–Trinajstić information content (AvgIpc) is 3.02. The molecule has 1 unspecified atom stereocenters. The van der Waals surface area contributed by atoms with Gasteiger partial charge in [-0.3, -0.25) is 0 Å². The van der Waals surface area contributed by atoms with Crippen LogP contribution < -0.4 is 5.32 Å². The van der Waals surface area contributed by atoms with Gasteiger partial charge in [0, 0.05) is 37.9 Å². The molecule has 2 aromatic heterocycles. The second-order valence-electron chi connectivity index (χ2n) is 4.99. The standard InChI is InChI=1S/C15H24N4/c1-4-7-16-14(5-2)13-6-9-19(11-13)12-15-17-8-10-18(15)3/h6,8-11,14,16H,4-5,7,12H2,1-3H3. The molecule has 0 spiro atoms. The lowest BCUT2D eigenvalue weighted by molar-refractivity contribution is 0.517. The summed E-state index contributed by atoms with van der Waals surface area (Å²) >= 11 is 0. The molecule has 0 radical (unpaired) electrons. The quantitative estimate of drug-likeness (QED) is 0.830. The van der Waals surface area contributed by atoms with Gasteiger partial charge < -0.3 is 14.5 Å². The molecule has 4 nitrogen and oxygen atoms in total. The molecule has 0 saturated heterocycles. The van der Waals surface area contributed by atoms with Gasteiger partial charge in [-0.15, -0.1) is 0 Å². The molecule has 1 atom stereocenters. The van der Waals surface area contributed by atoms with Crippen molar-refractivity contribution in [2.24, 2.45) is 7.05 Å². The second-order valence-corrected chi connectivity index (χ2v) is 4.99. The summed E-state index contributed by atoms with van der Waals surface area (Å²) in [5.41, 5.74) is 1.37. The first kappa shape index (κ1) is 13.9. The zero-order valence-electron chi connectivity index (χ0n) is 12.1. The van der Waals surface area contributed by atoms with Crippen LogP contribution in [-0.2, 0) is 13.6 Å². The zero-order valence-corrected chi connectivity index (χ0v) is 12.1. The number of nitrogens with zero attached hydrogens (tertiary/aromatic N) is 3. The number of hydrogen-bond donors (Lipinski definition) is 1. The monoisotopic (exact) mass is 260 g/mol. The molecule has 0 bridgehead atoms. The molecular weight excluding hydrogens is 236 g/mol. The first-order valence-electron chi connectivity index (χ1n) is 7.09. The Morgan fingerprint density at radius 1 is 1.32 bits per heavy atom. The number of nitrogens with one attached hydrogen (secondary N) is 1. The Bertz CT molecular complexity index is 498. The molecule has 0 aromatic carbocycles. The molecule has 0 fully saturated rings. The predicted octanol–water partition coefficient (Wildman–Crippen LogP) is 2.72. The first-order valence-corrected chi connectivity index (χ1v) is 7.09. The molecule has 1 N–H and O–H groups in total. The number of hydrogen-bond acceptors (Lipinski definition) is 2. The van der Waals surface area contributed by atoms with Gasteiger partial charge in [0.15, 0.2) is 0 Å². The number of aryl methyl sites for hydroxylation is 1. The molecule has 4 heteroatoms. The van der Waals surface area contributed by atoms with Crippen molar-refractivity contribution in [3.63, 3.8) is 0 Å². The highest BCUT2D eigenvalue weighted by Gasteiger charge is 2.10. The molecule has 2 rings (SSSR count). The smallest absolute Gasteiger partial charge is 0.128 e. The molecule has 0 aliphatic rings. The van der Waals surface area contributed by atoms with Crippen LogP contribution in [0, 0.1) is 0 Å². The van der Waals surface area contributed by atoms with E-state index in [0.29, 0.717) is 6.04 Å². The normalized spacial score (nSPS) is 12.8. The highest BCUT2D eigenvalue weighted by molar-refractivity contribution is 5.16. The van der Waals surface area contributed by atoms with E-state index in [-0.39, 0.29) is 0 Å². The number of imidazole rings is 1. The van der Waals surface area contributed by atoms with Crippen molar-refractivity contribution < 1.29 is 0 Å². The Hall–Kier alpha value is -1.55. The summed E-state index contributed by atoms with van der Waals surface area (Å²) < 4.78 is 4.26. The minimum absolute atomic E-state index is 0.461. The molecule has 0 aliphatic carbocycles. The Morgan fingerprint density at radius 2 is 2.16 bits per heavy atom. The Morgan fingerprint density at radius 3 is 2.79 bits per heavy atom. The maximum absolute atomic E-state index is 4.36. The molecule has 2 aromatic rings. The van der Waals surface area contributed by atoms with Crippen molar-refractivity contribution in [3.05, 3.63) is 42.2 Å². The third-order valence-corrected chi connectivity index (χ3v) is 3.47. The zero-order chi connectivity index (χ0) is 13.7. The maximum Gasteiger partial charge on any atom is 0.128 e. The van der Waals surface area contributed by atoms with Crippen molar-refractivity contribution >= 4 is 0 Å².